The van der Waals surface area contributed by atoms with Crippen molar-refractivity contribution < 1.29 is 19.2 Å². The van der Waals surface area contributed by atoms with Crippen LogP contribution >= 0.6 is 0 Å². The minimum atomic E-state index is -0.308. The standard InChI is InChI=1S/C24H36N2O4/c1-4-5-6-7-11-14-21-15-16-22(17-18-23(27)25(2)29-3)26(21)24(28)30-19-20-12-9-8-10-13-20/h8-14,21-22H,4-7,15-19H2,1-3H3/b14-11+/t21-,22+/m1/s1. The maximum absolute atomic E-state index is 13.0. The summed E-state index contributed by atoms with van der Waals surface area (Å²) in [5.74, 6) is -0.0892. The molecule has 1 aromatic rings. The van der Waals surface area contributed by atoms with Gasteiger partial charge >= 0.3 is 6.09 Å². The summed E-state index contributed by atoms with van der Waals surface area (Å²) in [7, 11) is 3.07. The fourth-order valence-electron chi connectivity index (χ4n) is 3.78. The van der Waals surface area contributed by atoms with Gasteiger partial charge in [0.15, 0.2) is 0 Å². The molecule has 1 aromatic carbocycles. The van der Waals surface area contributed by atoms with Crippen LogP contribution in [0, 0.1) is 0 Å². The Morgan fingerprint density at radius 3 is 2.67 bits per heavy atom. The van der Waals surface area contributed by atoms with Crippen LogP contribution in [0.25, 0.3) is 0 Å². The molecule has 0 saturated carbocycles. The average molecular weight is 417 g/mol. The smallest absolute Gasteiger partial charge is 0.410 e. The highest BCUT2D eigenvalue weighted by Gasteiger charge is 2.36. The number of hydroxylamine groups is 2. The zero-order chi connectivity index (χ0) is 21.8. The molecular formula is C24H36N2O4. The number of unbranched alkanes of at least 4 members (excludes halogenated alkanes) is 3. The molecule has 30 heavy (non-hydrogen) atoms. The van der Waals surface area contributed by atoms with Gasteiger partial charge in [0.25, 0.3) is 0 Å². The van der Waals surface area contributed by atoms with E-state index in [9.17, 15) is 9.59 Å². The van der Waals surface area contributed by atoms with Crippen molar-refractivity contribution in [2.75, 3.05) is 14.2 Å². The van der Waals surface area contributed by atoms with Crippen LogP contribution in [0.5, 0.6) is 0 Å². The Morgan fingerprint density at radius 1 is 1.20 bits per heavy atom. The molecule has 2 atom stereocenters. The molecule has 1 heterocycles. The summed E-state index contributed by atoms with van der Waals surface area (Å²) in [5.41, 5.74) is 0.963. The third-order valence-corrected chi connectivity index (χ3v) is 5.61. The van der Waals surface area contributed by atoms with Gasteiger partial charge in [-0.05, 0) is 37.7 Å². The zero-order valence-corrected chi connectivity index (χ0v) is 18.6. The molecule has 0 radical (unpaired) electrons. The van der Waals surface area contributed by atoms with Crippen LogP contribution in [0.3, 0.4) is 0 Å². The Bertz CT molecular complexity index is 677. The third kappa shape index (κ3) is 7.48. The summed E-state index contributed by atoms with van der Waals surface area (Å²) in [6.45, 7) is 2.44. The van der Waals surface area contributed by atoms with Gasteiger partial charge in [0, 0.05) is 19.5 Å². The molecule has 2 amide bonds. The number of allylic oxidation sites excluding steroid dienone is 1. The van der Waals surface area contributed by atoms with Gasteiger partial charge < -0.3 is 4.74 Å². The van der Waals surface area contributed by atoms with E-state index in [1.54, 1.807) is 7.05 Å². The van der Waals surface area contributed by atoms with Crippen LogP contribution in [-0.2, 0) is 21.0 Å². The molecule has 1 saturated heterocycles. The van der Waals surface area contributed by atoms with E-state index < -0.39 is 0 Å². The molecule has 1 aliphatic rings. The first kappa shape index (κ1) is 23.9. The van der Waals surface area contributed by atoms with E-state index in [0.29, 0.717) is 12.8 Å². The third-order valence-electron chi connectivity index (χ3n) is 5.61. The van der Waals surface area contributed by atoms with E-state index in [2.05, 4.69) is 19.1 Å². The van der Waals surface area contributed by atoms with Crippen LogP contribution in [0.1, 0.15) is 63.9 Å². The summed E-state index contributed by atoms with van der Waals surface area (Å²) < 4.78 is 5.63. The SMILES string of the molecule is CCCCC/C=C/[C@@H]1CC[C@@H](CCC(=O)N(C)OC)N1C(=O)OCc1ccccc1. The first-order valence-electron chi connectivity index (χ1n) is 11.0. The number of carbonyl (C=O) groups excluding carboxylic acids is 2. The van der Waals surface area contributed by atoms with Crippen molar-refractivity contribution in [2.24, 2.45) is 0 Å². The van der Waals surface area contributed by atoms with Gasteiger partial charge in [-0.2, -0.15) is 0 Å². The summed E-state index contributed by atoms with van der Waals surface area (Å²) in [4.78, 5) is 31.9. The van der Waals surface area contributed by atoms with E-state index in [-0.39, 0.29) is 30.7 Å². The highest BCUT2D eigenvalue weighted by atomic mass is 16.7. The minimum Gasteiger partial charge on any atom is -0.445 e. The largest absolute Gasteiger partial charge is 0.445 e. The van der Waals surface area contributed by atoms with Crippen molar-refractivity contribution >= 4 is 12.0 Å². The Kier molecular flexibility index (Phi) is 10.4. The number of benzene rings is 1. The summed E-state index contributed by atoms with van der Waals surface area (Å²) in [5, 5.41) is 1.23. The van der Waals surface area contributed by atoms with Crippen molar-refractivity contribution in [1.82, 2.24) is 9.96 Å². The number of carbonyl (C=O) groups is 2. The normalized spacial score (nSPS) is 18.7. The Hall–Kier alpha value is -2.34. The van der Waals surface area contributed by atoms with Gasteiger partial charge in [-0.3, -0.25) is 14.5 Å². The van der Waals surface area contributed by atoms with Gasteiger partial charge in [-0.1, -0.05) is 62.2 Å². The molecule has 6 nitrogen and oxygen atoms in total. The molecule has 0 spiro atoms. The Balaban J connectivity index is 1.99. The molecule has 0 N–H and O–H groups in total. The summed E-state index contributed by atoms with van der Waals surface area (Å²) in [6.07, 6.45) is 11.3. The summed E-state index contributed by atoms with van der Waals surface area (Å²) >= 11 is 0. The second-order valence-corrected chi connectivity index (χ2v) is 7.78. The van der Waals surface area contributed by atoms with E-state index in [1.165, 1.54) is 31.4 Å². The zero-order valence-electron chi connectivity index (χ0n) is 18.6. The van der Waals surface area contributed by atoms with Gasteiger partial charge in [-0.25, -0.2) is 9.86 Å². The van der Waals surface area contributed by atoms with Gasteiger partial charge in [-0.15, -0.1) is 0 Å². The van der Waals surface area contributed by atoms with Crippen LogP contribution in [0.15, 0.2) is 42.5 Å². The predicted octanol–water partition coefficient (Wildman–Crippen LogP) is 5.09. The molecule has 0 aromatic heterocycles. The average Bonchev–Trinajstić information content (AvgIpc) is 3.18. The Morgan fingerprint density at radius 2 is 1.97 bits per heavy atom. The number of hydrogen-bond acceptors (Lipinski definition) is 4. The molecule has 1 aliphatic heterocycles. The topological polar surface area (TPSA) is 59.1 Å². The highest BCUT2D eigenvalue weighted by Crippen LogP contribution is 2.29. The lowest BCUT2D eigenvalue weighted by Gasteiger charge is -2.28. The van der Waals surface area contributed by atoms with Crippen molar-refractivity contribution in [1.29, 1.82) is 0 Å². The number of ether oxygens (including phenoxy) is 1. The lowest BCUT2D eigenvalue weighted by atomic mass is 10.1. The molecule has 2 rings (SSSR count). The van der Waals surface area contributed by atoms with Gasteiger partial charge in [0.1, 0.15) is 6.61 Å². The lowest BCUT2D eigenvalue weighted by molar-refractivity contribution is -0.168. The summed E-state index contributed by atoms with van der Waals surface area (Å²) in [6, 6.07) is 9.71. The van der Waals surface area contributed by atoms with Crippen LogP contribution in [0.4, 0.5) is 4.79 Å². The molecular weight excluding hydrogens is 380 g/mol. The van der Waals surface area contributed by atoms with Crippen molar-refractivity contribution in [3.8, 4) is 0 Å². The van der Waals surface area contributed by atoms with Crippen LogP contribution in [0.2, 0.25) is 0 Å². The van der Waals surface area contributed by atoms with E-state index in [4.69, 9.17) is 9.57 Å². The quantitative estimate of drug-likeness (QED) is 0.286. The van der Waals surface area contributed by atoms with Crippen LogP contribution in [-0.4, -0.2) is 48.2 Å². The predicted molar refractivity (Wildman–Crippen MR) is 118 cm³/mol. The first-order valence-corrected chi connectivity index (χ1v) is 11.0. The number of nitrogens with zero attached hydrogens (tertiary/aromatic N) is 2. The number of rotatable bonds is 11. The maximum atomic E-state index is 13.0. The monoisotopic (exact) mass is 416 g/mol. The molecule has 166 valence electrons. The Labute approximate surface area is 180 Å². The van der Waals surface area contributed by atoms with Crippen LogP contribution < -0.4 is 0 Å². The molecule has 0 unspecified atom stereocenters. The number of likely N-dealkylation sites (tertiary alicyclic amines) is 1. The van der Waals surface area contributed by atoms with E-state index in [0.717, 1.165) is 24.8 Å². The molecule has 0 aliphatic carbocycles. The number of amides is 2. The lowest BCUT2D eigenvalue weighted by Crippen LogP contribution is -2.41. The molecule has 1 fully saturated rings. The molecule has 0 bridgehead atoms. The van der Waals surface area contributed by atoms with Crippen molar-refractivity contribution in [3.63, 3.8) is 0 Å². The number of hydrogen-bond donors (Lipinski definition) is 0. The van der Waals surface area contributed by atoms with Gasteiger partial charge in [0.2, 0.25) is 5.91 Å². The first-order chi connectivity index (χ1) is 14.6. The minimum absolute atomic E-state index is 0.00669. The maximum Gasteiger partial charge on any atom is 0.410 e. The second-order valence-electron chi connectivity index (χ2n) is 7.78. The molecule has 6 heteroatoms. The van der Waals surface area contributed by atoms with Crippen molar-refractivity contribution in [2.45, 2.75) is 77.0 Å². The second kappa shape index (κ2) is 13.1. The van der Waals surface area contributed by atoms with Gasteiger partial charge in [0.05, 0.1) is 13.2 Å². The van der Waals surface area contributed by atoms with Crippen molar-refractivity contribution in [3.05, 3.63) is 48.0 Å². The van der Waals surface area contributed by atoms with E-state index >= 15 is 0 Å². The highest BCUT2D eigenvalue weighted by molar-refractivity contribution is 5.75. The fourth-order valence-corrected chi connectivity index (χ4v) is 3.78. The fraction of sp³-hybridized carbons (Fsp3) is 0.583. The van der Waals surface area contributed by atoms with E-state index in [1.807, 2.05) is 35.2 Å².